The van der Waals surface area contributed by atoms with Crippen LogP contribution in [0.3, 0.4) is 0 Å². The molecule has 0 radical (unpaired) electrons. The lowest BCUT2D eigenvalue weighted by Crippen LogP contribution is -2.44. The van der Waals surface area contributed by atoms with E-state index in [1.165, 1.54) is 12.1 Å². The van der Waals surface area contributed by atoms with Crippen LogP contribution in [0.15, 0.2) is 24.3 Å². The van der Waals surface area contributed by atoms with Crippen LogP contribution in [0.5, 0.6) is 0 Å². The van der Waals surface area contributed by atoms with Crippen LogP contribution in [0, 0.1) is 0 Å². The topological polar surface area (TPSA) is 23.6 Å². The molecule has 24 heavy (non-hydrogen) atoms. The Morgan fingerprint density at radius 1 is 1.25 bits per heavy atom. The molecule has 0 aliphatic carbocycles. The second-order valence-electron chi connectivity index (χ2n) is 6.76. The molecule has 0 spiro atoms. The Bertz CT molecular complexity index is 548. The van der Waals surface area contributed by atoms with Crippen molar-refractivity contribution in [3.8, 4) is 0 Å². The van der Waals surface area contributed by atoms with Crippen molar-refractivity contribution in [3.05, 3.63) is 35.4 Å². The van der Waals surface area contributed by atoms with Gasteiger partial charge in [-0.05, 0) is 56.6 Å². The van der Waals surface area contributed by atoms with Crippen LogP contribution < -0.4 is 0 Å². The number of hydrogen-bond acceptors (Lipinski definition) is 2. The molecule has 134 valence electrons. The standard InChI is InChI=1S/C18H25F3N2O/c1-13(14-4-6-15(7-5-14)18(19,20)21)12-17(24)23(3)16-8-10-22(2)11-9-16/h4-7,13,16H,8-12H2,1-3H3. The summed E-state index contributed by atoms with van der Waals surface area (Å²) in [5.41, 5.74) is 0.0985. The molecular weight excluding hydrogens is 317 g/mol. The van der Waals surface area contributed by atoms with Crippen molar-refractivity contribution < 1.29 is 18.0 Å². The maximum atomic E-state index is 12.6. The van der Waals surface area contributed by atoms with Crippen molar-refractivity contribution in [2.45, 2.75) is 44.3 Å². The largest absolute Gasteiger partial charge is 0.416 e. The first-order valence-electron chi connectivity index (χ1n) is 8.30. The van der Waals surface area contributed by atoms with Gasteiger partial charge in [-0.1, -0.05) is 19.1 Å². The van der Waals surface area contributed by atoms with E-state index in [9.17, 15) is 18.0 Å². The average molecular weight is 342 g/mol. The monoisotopic (exact) mass is 342 g/mol. The average Bonchev–Trinajstić information content (AvgIpc) is 2.54. The number of benzene rings is 1. The minimum absolute atomic E-state index is 0.0527. The Balaban J connectivity index is 1.93. The van der Waals surface area contributed by atoms with E-state index in [4.69, 9.17) is 0 Å². The van der Waals surface area contributed by atoms with Gasteiger partial charge < -0.3 is 9.80 Å². The lowest BCUT2D eigenvalue weighted by atomic mass is 9.95. The molecule has 1 fully saturated rings. The zero-order valence-electron chi connectivity index (χ0n) is 14.4. The third kappa shape index (κ3) is 4.72. The highest BCUT2D eigenvalue weighted by atomic mass is 19.4. The van der Waals surface area contributed by atoms with Crippen LogP contribution >= 0.6 is 0 Å². The second-order valence-corrected chi connectivity index (χ2v) is 6.76. The normalized spacial score (nSPS) is 18.4. The molecule has 3 nitrogen and oxygen atoms in total. The number of piperidine rings is 1. The van der Waals surface area contributed by atoms with E-state index < -0.39 is 11.7 Å². The van der Waals surface area contributed by atoms with Gasteiger partial charge >= 0.3 is 6.18 Å². The SMILES string of the molecule is CC(CC(=O)N(C)C1CCN(C)CC1)c1ccc(C(F)(F)F)cc1. The first-order chi connectivity index (χ1) is 11.2. The summed E-state index contributed by atoms with van der Waals surface area (Å²) in [7, 11) is 3.91. The number of halogens is 3. The lowest BCUT2D eigenvalue weighted by molar-refractivity contribution is -0.137. The minimum atomic E-state index is -4.33. The highest BCUT2D eigenvalue weighted by Gasteiger charge is 2.30. The van der Waals surface area contributed by atoms with Gasteiger partial charge in [-0.15, -0.1) is 0 Å². The Hall–Kier alpha value is -1.56. The Morgan fingerprint density at radius 2 is 1.79 bits per heavy atom. The van der Waals surface area contributed by atoms with Crippen molar-refractivity contribution in [2.75, 3.05) is 27.2 Å². The van der Waals surface area contributed by atoms with E-state index >= 15 is 0 Å². The third-order valence-corrected chi connectivity index (χ3v) is 4.92. The first kappa shape index (κ1) is 18.8. The number of alkyl halides is 3. The van der Waals surface area contributed by atoms with Crippen molar-refractivity contribution >= 4 is 5.91 Å². The number of amides is 1. The number of rotatable bonds is 4. The Labute approximate surface area is 141 Å². The summed E-state index contributed by atoms with van der Waals surface area (Å²) in [6.07, 6.45) is -2.08. The van der Waals surface area contributed by atoms with Gasteiger partial charge in [-0.2, -0.15) is 13.2 Å². The van der Waals surface area contributed by atoms with Crippen LogP contribution in [0.1, 0.15) is 43.2 Å². The van der Waals surface area contributed by atoms with Gasteiger partial charge in [0.05, 0.1) is 5.56 Å². The summed E-state index contributed by atoms with van der Waals surface area (Å²) >= 11 is 0. The van der Waals surface area contributed by atoms with Crippen molar-refractivity contribution in [3.63, 3.8) is 0 Å². The molecule has 6 heteroatoms. The number of carbonyl (C=O) groups excluding carboxylic acids is 1. The molecular formula is C18H25F3N2O. The van der Waals surface area contributed by atoms with Crippen LogP contribution in [0.25, 0.3) is 0 Å². The number of hydrogen-bond donors (Lipinski definition) is 0. The van der Waals surface area contributed by atoms with E-state index in [2.05, 4.69) is 11.9 Å². The number of likely N-dealkylation sites (tertiary alicyclic amines) is 1. The van der Waals surface area contributed by atoms with E-state index in [1.807, 2.05) is 18.9 Å². The zero-order valence-corrected chi connectivity index (χ0v) is 14.4. The highest BCUT2D eigenvalue weighted by Crippen LogP contribution is 2.31. The highest BCUT2D eigenvalue weighted by molar-refractivity contribution is 5.77. The summed E-state index contributed by atoms with van der Waals surface area (Å²) < 4.78 is 37.8. The van der Waals surface area contributed by atoms with Crippen LogP contribution in [0.2, 0.25) is 0 Å². The fourth-order valence-corrected chi connectivity index (χ4v) is 3.11. The molecule has 0 N–H and O–H groups in total. The molecule has 1 aromatic carbocycles. The van der Waals surface area contributed by atoms with Gasteiger partial charge in [-0.3, -0.25) is 4.79 Å². The quantitative estimate of drug-likeness (QED) is 0.832. The van der Waals surface area contributed by atoms with E-state index in [0.29, 0.717) is 6.42 Å². The molecule has 1 unspecified atom stereocenters. The molecule has 1 amide bonds. The molecule has 1 aliphatic heterocycles. The minimum Gasteiger partial charge on any atom is -0.343 e. The maximum Gasteiger partial charge on any atom is 0.416 e. The summed E-state index contributed by atoms with van der Waals surface area (Å²) in [5, 5.41) is 0. The lowest BCUT2D eigenvalue weighted by Gasteiger charge is -2.35. The smallest absolute Gasteiger partial charge is 0.343 e. The molecule has 0 saturated carbocycles. The van der Waals surface area contributed by atoms with Crippen molar-refractivity contribution in [1.82, 2.24) is 9.80 Å². The predicted molar refractivity (Wildman–Crippen MR) is 87.8 cm³/mol. The van der Waals surface area contributed by atoms with Gasteiger partial charge in [0.1, 0.15) is 0 Å². The molecule has 1 heterocycles. The molecule has 2 rings (SSSR count). The fraction of sp³-hybridized carbons (Fsp3) is 0.611. The van der Waals surface area contributed by atoms with Gasteiger partial charge in [0.15, 0.2) is 0 Å². The zero-order chi connectivity index (χ0) is 17.9. The summed E-state index contributed by atoms with van der Waals surface area (Å²) in [6.45, 7) is 3.84. The van der Waals surface area contributed by atoms with E-state index in [-0.39, 0.29) is 17.9 Å². The number of carbonyl (C=O) groups is 1. The molecule has 1 aliphatic rings. The molecule has 0 aromatic heterocycles. The molecule has 0 bridgehead atoms. The third-order valence-electron chi connectivity index (χ3n) is 4.92. The fourth-order valence-electron chi connectivity index (χ4n) is 3.11. The van der Waals surface area contributed by atoms with E-state index in [0.717, 1.165) is 43.6 Å². The van der Waals surface area contributed by atoms with E-state index in [1.54, 1.807) is 0 Å². The summed E-state index contributed by atoms with van der Waals surface area (Å²) in [5.74, 6) is -0.0505. The maximum absolute atomic E-state index is 12.6. The van der Waals surface area contributed by atoms with Crippen LogP contribution in [-0.2, 0) is 11.0 Å². The predicted octanol–water partition coefficient (Wildman–Crippen LogP) is 3.75. The van der Waals surface area contributed by atoms with Gasteiger partial charge in [-0.25, -0.2) is 0 Å². The first-order valence-corrected chi connectivity index (χ1v) is 8.30. The Morgan fingerprint density at radius 3 is 2.29 bits per heavy atom. The van der Waals surface area contributed by atoms with Gasteiger partial charge in [0.2, 0.25) is 5.91 Å². The van der Waals surface area contributed by atoms with Crippen LogP contribution in [0.4, 0.5) is 13.2 Å². The molecule has 1 aromatic rings. The van der Waals surface area contributed by atoms with Gasteiger partial charge in [0.25, 0.3) is 0 Å². The Kier molecular flexibility index (Phi) is 5.91. The number of nitrogens with zero attached hydrogens (tertiary/aromatic N) is 2. The van der Waals surface area contributed by atoms with Crippen LogP contribution in [-0.4, -0.2) is 48.9 Å². The van der Waals surface area contributed by atoms with Crippen molar-refractivity contribution in [1.29, 1.82) is 0 Å². The second kappa shape index (κ2) is 7.55. The molecule has 1 atom stereocenters. The summed E-state index contributed by atoms with van der Waals surface area (Å²) in [4.78, 5) is 16.5. The van der Waals surface area contributed by atoms with Crippen molar-refractivity contribution in [2.24, 2.45) is 0 Å². The summed E-state index contributed by atoms with van der Waals surface area (Å²) in [6, 6.07) is 5.36. The molecule has 1 saturated heterocycles. The van der Waals surface area contributed by atoms with Gasteiger partial charge in [0, 0.05) is 19.5 Å².